The maximum Gasteiger partial charge on any atom is 0.410 e. The largest absolute Gasteiger partial charge is 0.497 e. The van der Waals surface area contributed by atoms with Crippen LogP contribution in [0.15, 0.2) is 133 Å². The SMILES string of the molecule is CCN(CC)C(=O)/C=C/c1ccc(NC[C@@H]2CCCN2C(=O)OC(C)(C)C)c(Oc2ccc(OC)cc2)c1.CCN(CC)C(=O)CCc1ccc(NC[C@@H]2CCCN2)c(Oc2ccc(OC)cc2)c1.CCN(CC)C(=O)CCc1ccc(NC[C@@H]2CCCN2C(=O)OC(C)(C)C)c(Oc2ccc(OC)cc2)c1.CO.[CH3-].[Pd]. The molecule has 3 heterocycles. The Morgan fingerprint density at radius 3 is 1.17 bits per heavy atom. The van der Waals surface area contributed by atoms with E-state index in [1.165, 1.54) is 12.8 Å². The van der Waals surface area contributed by atoms with Crippen LogP contribution in [0.2, 0.25) is 0 Å². The number of carbonyl (C=O) groups excluding carboxylic acids is 5. The van der Waals surface area contributed by atoms with Crippen LogP contribution in [0.25, 0.3) is 6.08 Å². The minimum atomic E-state index is -0.535. The van der Waals surface area contributed by atoms with Gasteiger partial charge in [0.05, 0.1) is 50.5 Å². The van der Waals surface area contributed by atoms with Crippen molar-refractivity contribution in [2.75, 3.05) is 123 Å². The molecule has 5 N–H and O–H groups in total. The number of likely N-dealkylation sites (tertiary alicyclic amines) is 2. The average molecular weight is 1630 g/mol. The van der Waals surface area contributed by atoms with Gasteiger partial charge in [-0.05, 0) is 273 Å². The first-order valence-electron chi connectivity index (χ1n) is 38.7. The van der Waals surface area contributed by atoms with E-state index in [9.17, 15) is 24.0 Å². The second-order valence-electron chi connectivity index (χ2n) is 28.6. The van der Waals surface area contributed by atoms with Gasteiger partial charge in [-0.3, -0.25) is 14.4 Å². The summed E-state index contributed by atoms with van der Waals surface area (Å²) >= 11 is 0. The summed E-state index contributed by atoms with van der Waals surface area (Å²) in [6, 6.07) is 40.9. The van der Waals surface area contributed by atoms with Gasteiger partial charge in [0, 0.05) is 124 Å². The quantitative estimate of drug-likeness (QED) is 0.0150. The third kappa shape index (κ3) is 31.5. The second-order valence-corrected chi connectivity index (χ2v) is 28.6. The van der Waals surface area contributed by atoms with Crippen molar-refractivity contribution in [3.8, 4) is 51.7 Å². The van der Waals surface area contributed by atoms with Gasteiger partial charge in [0.15, 0.2) is 17.2 Å². The fourth-order valence-corrected chi connectivity index (χ4v) is 12.7. The number of likely N-dealkylation sites (N-methyl/N-ethyl adjacent to an activating group) is 1. The molecule has 3 saturated heterocycles. The van der Waals surface area contributed by atoms with Gasteiger partial charge in [-0.25, -0.2) is 9.59 Å². The number of carbonyl (C=O) groups is 5. The Balaban J connectivity index is 0.000000346. The van der Waals surface area contributed by atoms with Crippen molar-refractivity contribution < 1.29 is 87.4 Å². The molecule has 9 rings (SSSR count). The number of aliphatic hydroxyl groups is 1. The Hall–Kier alpha value is -9.21. The van der Waals surface area contributed by atoms with Gasteiger partial charge in [-0.2, -0.15) is 0 Å². The zero-order valence-corrected chi connectivity index (χ0v) is 70.4. The Morgan fingerprint density at radius 2 is 0.829 bits per heavy atom. The molecule has 3 aliphatic rings. The van der Waals surface area contributed by atoms with Crippen LogP contribution >= 0.6 is 0 Å². The molecule has 0 bridgehead atoms. The molecular formula is C87H126N9O14Pd-. The summed E-state index contributed by atoms with van der Waals surface area (Å²) in [5.41, 5.74) is 4.48. The van der Waals surface area contributed by atoms with E-state index in [2.05, 4.69) is 33.4 Å². The van der Waals surface area contributed by atoms with Crippen molar-refractivity contribution in [1.82, 2.24) is 29.8 Å². The number of anilines is 3. The molecule has 3 aliphatic heterocycles. The maximum atomic E-state index is 12.7. The first-order chi connectivity index (χ1) is 52.4. The molecule has 0 saturated carbocycles. The molecular weight excluding hydrogens is 1500 g/mol. The molecule has 5 amide bonds. The summed E-state index contributed by atoms with van der Waals surface area (Å²) in [6.07, 6.45) is 11.2. The molecule has 3 fully saturated rings. The molecule has 614 valence electrons. The number of nitrogens with zero attached hydrogens (tertiary/aromatic N) is 5. The molecule has 0 aromatic heterocycles. The van der Waals surface area contributed by atoms with E-state index in [1.54, 1.807) is 43.3 Å². The average Bonchev–Trinajstić information content (AvgIpc) is 1.72. The van der Waals surface area contributed by atoms with E-state index in [1.807, 2.05) is 213 Å². The molecule has 6 aromatic carbocycles. The zero-order chi connectivity index (χ0) is 79.5. The number of hydrogen-bond acceptors (Lipinski definition) is 18. The number of aliphatic hydroxyl groups excluding tert-OH is 1. The number of nitrogens with one attached hydrogen (secondary N) is 4. The normalized spacial score (nSPS) is 14.9. The van der Waals surface area contributed by atoms with Crippen LogP contribution in [-0.2, 0) is 57.1 Å². The van der Waals surface area contributed by atoms with E-state index >= 15 is 0 Å². The molecule has 0 unspecified atom stereocenters. The monoisotopic (exact) mass is 1630 g/mol. The van der Waals surface area contributed by atoms with E-state index in [4.69, 9.17) is 43.0 Å². The van der Waals surface area contributed by atoms with Crippen LogP contribution in [0, 0.1) is 7.43 Å². The van der Waals surface area contributed by atoms with Crippen molar-refractivity contribution in [3.63, 3.8) is 0 Å². The molecule has 0 radical (unpaired) electrons. The van der Waals surface area contributed by atoms with Crippen LogP contribution < -0.4 is 49.7 Å². The van der Waals surface area contributed by atoms with Crippen molar-refractivity contribution in [2.45, 2.75) is 177 Å². The Kier molecular flexibility index (Phi) is 41.2. The molecule has 24 heteroatoms. The summed E-state index contributed by atoms with van der Waals surface area (Å²) < 4.78 is 45.7. The molecule has 3 atom stereocenters. The van der Waals surface area contributed by atoms with Gasteiger partial charge in [0.1, 0.15) is 45.7 Å². The summed E-state index contributed by atoms with van der Waals surface area (Å²) in [7, 11) is 5.90. The third-order valence-corrected chi connectivity index (χ3v) is 18.7. The smallest absolute Gasteiger partial charge is 0.410 e. The van der Waals surface area contributed by atoms with Crippen LogP contribution in [0.4, 0.5) is 26.7 Å². The Morgan fingerprint density at radius 1 is 0.477 bits per heavy atom. The summed E-state index contributed by atoms with van der Waals surface area (Å²) in [5.74, 6) is 6.75. The van der Waals surface area contributed by atoms with Crippen molar-refractivity contribution in [1.29, 1.82) is 0 Å². The van der Waals surface area contributed by atoms with Gasteiger partial charge in [-0.1, -0.05) is 18.2 Å². The van der Waals surface area contributed by atoms with Crippen molar-refractivity contribution in [2.24, 2.45) is 0 Å². The number of benzene rings is 6. The Bertz CT molecular complexity index is 3780. The molecule has 0 aliphatic carbocycles. The fourth-order valence-electron chi connectivity index (χ4n) is 12.7. The van der Waals surface area contributed by atoms with Gasteiger partial charge >= 0.3 is 12.2 Å². The number of methoxy groups -OCH3 is 3. The van der Waals surface area contributed by atoms with E-state index in [-0.39, 0.29) is 69.8 Å². The molecule has 6 aromatic rings. The summed E-state index contributed by atoms with van der Waals surface area (Å²) in [6.45, 7) is 31.9. The van der Waals surface area contributed by atoms with Crippen molar-refractivity contribution in [3.05, 3.63) is 158 Å². The third-order valence-electron chi connectivity index (χ3n) is 18.7. The first kappa shape index (κ1) is 94.2. The number of aryl methyl sites for hydroxylation is 2. The first-order valence-corrected chi connectivity index (χ1v) is 38.7. The van der Waals surface area contributed by atoms with Gasteiger partial charge in [0.25, 0.3) is 0 Å². The zero-order valence-electron chi connectivity index (χ0n) is 68.9. The van der Waals surface area contributed by atoms with E-state index < -0.39 is 11.2 Å². The number of rotatable bonds is 32. The number of amides is 5. The molecule has 0 spiro atoms. The minimum absolute atomic E-state index is 0. The maximum absolute atomic E-state index is 12.7. The molecule has 111 heavy (non-hydrogen) atoms. The predicted molar refractivity (Wildman–Crippen MR) is 441 cm³/mol. The fraction of sp³-hybridized carbons (Fsp3) is 0.494. The summed E-state index contributed by atoms with van der Waals surface area (Å²) in [5, 5.41) is 21.0. The minimum Gasteiger partial charge on any atom is -0.497 e. The van der Waals surface area contributed by atoms with Crippen LogP contribution in [-0.4, -0.2) is 196 Å². The molecule has 23 nitrogen and oxygen atoms in total. The van der Waals surface area contributed by atoms with Gasteiger partial charge in [-0.15, -0.1) is 0 Å². The Labute approximate surface area is 675 Å². The predicted octanol–water partition coefficient (Wildman–Crippen LogP) is 16.8. The topological polar surface area (TPSA) is 244 Å². The number of hydrogen-bond donors (Lipinski definition) is 5. The standard InChI is InChI=1S/C30H43N3O5.C30H41N3O5.C25H35N3O3.CH4O.CH3.Pd/c2*1-7-32(8-2)28(34)18-12-22-11-17-26(27(20-22)37-25-15-13-24(36-6)14-16-25)31-21-23-10-9-19-33(23)29(35)38-30(3,4)5;1-4-28(5-2)25(29)15-9-19-8-14-23(27-18-20-7-6-16-26-20)24(17-19)31-22-12-10-21(30-3)11-13-22;1-2;;/h11,13-17,20,23,31H,7-10,12,18-19,21H2,1-6H3;11-18,20,23,31H,7-10,19,21H2,1-6H3;8,10-14,17,20,26-27H,4-7,9,15-16,18H2,1-3H3;2H,1H3;1H3;/q;;;;-1;/b;18-12+;;;;/t2*23-;20-;;;/m000.../s1. The van der Waals surface area contributed by atoms with Crippen LogP contribution in [0.3, 0.4) is 0 Å². The summed E-state index contributed by atoms with van der Waals surface area (Å²) in [4.78, 5) is 71.9. The van der Waals surface area contributed by atoms with Gasteiger partial charge < -0.3 is 96.2 Å². The second kappa shape index (κ2) is 48.5. The number of ether oxygens (including phenoxy) is 8. The van der Waals surface area contributed by atoms with E-state index in [0.717, 1.165) is 121 Å². The van der Waals surface area contributed by atoms with Crippen LogP contribution in [0.5, 0.6) is 51.7 Å². The van der Waals surface area contributed by atoms with Crippen molar-refractivity contribution >= 4 is 53.0 Å². The van der Waals surface area contributed by atoms with E-state index in [0.29, 0.717) is 107 Å². The van der Waals surface area contributed by atoms with Gasteiger partial charge in [0.2, 0.25) is 17.7 Å². The van der Waals surface area contributed by atoms with Crippen LogP contribution in [0.1, 0.15) is 151 Å².